The van der Waals surface area contributed by atoms with Crippen LogP contribution in [0.1, 0.15) is 20.8 Å². The van der Waals surface area contributed by atoms with E-state index in [1.165, 1.54) is 32.4 Å². The zero-order valence-electron chi connectivity index (χ0n) is 13.3. The van der Waals surface area contributed by atoms with Crippen LogP contribution < -0.4 is 10.1 Å². The standard InChI is InChI=1S/C14H21ClN2O4S/c1-14(2,3)16-13(18)9-17(4)22(19,20)12-8-10(15)6-7-11(12)21-5/h6-8H,9H2,1-5H3,(H,16,18). The molecule has 0 aliphatic heterocycles. The van der Waals surface area contributed by atoms with Crippen LogP contribution in [0.5, 0.6) is 5.75 Å². The van der Waals surface area contributed by atoms with E-state index in [1.54, 1.807) is 0 Å². The van der Waals surface area contributed by atoms with Crippen molar-refractivity contribution in [3.8, 4) is 5.75 Å². The molecule has 0 aliphatic rings. The number of hydrogen-bond acceptors (Lipinski definition) is 4. The summed E-state index contributed by atoms with van der Waals surface area (Å²) in [7, 11) is -1.19. The van der Waals surface area contributed by atoms with E-state index in [1.807, 2.05) is 20.8 Å². The second-order valence-corrected chi connectivity index (χ2v) is 8.30. The molecule has 0 aliphatic carbocycles. The number of hydrogen-bond donors (Lipinski definition) is 1. The van der Waals surface area contributed by atoms with E-state index in [4.69, 9.17) is 16.3 Å². The van der Waals surface area contributed by atoms with Crippen LogP contribution in [0.25, 0.3) is 0 Å². The number of nitrogens with one attached hydrogen (secondary N) is 1. The summed E-state index contributed by atoms with van der Waals surface area (Å²) in [5.41, 5.74) is -0.435. The molecule has 1 aromatic rings. The van der Waals surface area contributed by atoms with E-state index in [9.17, 15) is 13.2 Å². The number of benzene rings is 1. The average Bonchev–Trinajstić information content (AvgIpc) is 2.36. The number of methoxy groups -OCH3 is 1. The van der Waals surface area contributed by atoms with E-state index in [-0.39, 0.29) is 28.1 Å². The van der Waals surface area contributed by atoms with Crippen LogP contribution in [-0.2, 0) is 14.8 Å². The summed E-state index contributed by atoms with van der Waals surface area (Å²) in [4.78, 5) is 11.8. The summed E-state index contributed by atoms with van der Waals surface area (Å²) < 4.78 is 31.2. The first kappa shape index (κ1) is 18.7. The molecular formula is C14H21ClN2O4S. The molecule has 0 radical (unpaired) electrons. The Morgan fingerprint density at radius 1 is 1.36 bits per heavy atom. The van der Waals surface area contributed by atoms with E-state index in [0.29, 0.717) is 0 Å². The molecule has 0 saturated heterocycles. The van der Waals surface area contributed by atoms with Crippen LogP contribution >= 0.6 is 11.6 Å². The van der Waals surface area contributed by atoms with Gasteiger partial charge in [-0.3, -0.25) is 4.79 Å². The molecule has 1 rings (SSSR count). The van der Waals surface area contributed by atoms with Gasteiger partial charge in [0.1, 0.15) is 10.6 Å². The number of amides is 1. The van der Waals surface area contributed by atoms with Gasteiger partial charge in [-0.25, -0.2) is 8.42 Å². The Kier molecular flexibility index (Phi) is 5.83. The number of halogens is 1. The van der Waals surface area contributed by atoms with Crippen LogP contribution in [-0.4, -0.2) is 44.9 Å². The third-order valence-electron chi connectivity index (χ3n) is 2.69. The van der Waals surface area contributed by atoms with Crippen molar-refractivity contribution in [1.82, 2.24) is 9.62 Å². The summed E-state index contributed by atoms with van der Waals surface area (Å²) in [5.74, 6) is -0.216. The number of ether oxygens (including phenoxy) is 1. The van der Waals surface area contributed by atoms with Crippen LogP contribution in [0.2, 0.25) is 5.02 Å². The summed E-state index contributed by atoms with van der Waals surface area (Å²) in [5, 5.41) is 2.98. The highest BCUT2D eigenvalue weighted by molar-refractivity contribution is 7.89. The molecule has 0 atom stereocenters. The molecule has 22 heavy (non-hydrogen) atoms. The minimum atomic E-state index is -3.89. The van der Waals surface area contributed by atoms with Gasteiger partial charge in [0, 0.05) is 17.6 Å². The summed E-state index contributed by atoms with van der Waals surface area (Å²) >= 11 is 5.86. The minimum absolute atomic E-state index is 0.0754. The first-order chi connectivity index (χ1) is 9.97. The Hall–Kier alpha value is -1.31. The number of carbonyl (C=O) groups excluding carboxylic acids is 1. The monoisotopic (exact) mass is 348 g/mol. The van der Waals surface area contributed by atoms with Crippen molar-refractivity contribution in [3.63, 3.8) is 0 Å². The number of carbonyl (C=O) groups is 1. The quantitative estimate of drug-likeness (QED) is 0.881. The third kappa shape index (κ3) is 4.86. The van der Waals surface area contributed by atoms with Gasteiger partial charge in [0.05, 0.1) is 13.7 Å². The SMILES string of the molecule is COc1ccc(Cl)cc1S(=O)(=O)N(C)CC(=O)NC(C)(C)C. The molecule has 1 N–H and O–H groups in total. The highest BCUT2D eigenvalue weighted by atomic mass is 35.5. The van der Waals surface area contributed by atoms with E-state index < -0.39 is 15.6 Å². The maximum atomic E-state index is 12.6. The van der Waals surface area contributed by atoms with Gasteiger partial charge in [-0.1, -0.05) is 11.6 Å². The lowest BCUT2D eigenvalue weighted by atomic mass is 10.1. The van der Waals surface area contributed by atoms with Gasteiger partial charge < -0.3 is 10.1 Å². The predicted octanol–water partition coefficient (Wildman–Crippen LogP) is 1.88. The maximum absolute atomic E-state index is 12.6. The molecule has 124 valence electrons. The topological polar surface area (TPSA) is 75.7 Å². The maximum Gasteiger partial charge on any atom is 0.247 e. The van der Waals surface area contributed by atoms with Crippen LogP contribution in [0.3, 0.4) is 0 Å². The van der Waals surface area contributed by atoms with E-state index in [0.717, 1.165) is 4.31 Å². The first-order valence-electron chi connectivity index (χ1n) is 6.58. The Bertz CT molecular complexity index is 653. The number of likely N-dealkylation sites (N-methyl/N-ethyl adjacent to an activating group) is 1. The highest BCUT2D eigenvalue weighted by Gasteiger charge is 2.27. The van der Waals surface area contributed by atoms with Crippen molar-refractivity contribution >= 4 is 27.5 Å². The number of nitrogens with zero attached hydrogens (tertiary/aromatic N) is 1. The van der Waals surface area contributed by atoms with Gasteiger partial charge in [-0.05, 0) is 39.0 Å². The van der Waals surface area contributed by atoms with E-state index >= 15 is 0 Å². The van der Waals surface area contributed by atoms with Gasteiger partial charge >= 0.3 is 0 Å². The lowest BCUT2D eigenvalue weighted by Gasteiger charge is -2.23. The zero-order valence-corrected chi connectivity index (χ0v) is 14.9. The lowest BCUT2D eigenvalue weighted by molar-refractivity contribution is -0.122. The van der Waals surface area contributed by atoms with Crippen LogP contribution in [0, 0.1) is 0 Å². The Morgan fingerprint density at radius 2 is 1.95 bits per heavy atom. The molecule has 0 spiro atoms. The summed E-state index contributed by atoms with van der Waals surface area (Å²) in [6, 6.07) is 4.30. The minimum Gasteiger partial charge on any atom is -0.495 e. The van der Waals surface area contributed by atoms with Gasteiger partial charge in [0.25, 0.3) is 0 Å². The van der Waals surface area contributed by atoms with Crippen molar-refractivity contribution < 1.29 is 17.9 Å². The largest absolute Gasteiger partial charge is 0.495 e. The first-order valence-corrected chi connectivity index (χ1v) is 8.40. The Morgan fingerprint density at radius 3 is 2.45 bits per heavy atom. The second-order valence-electron chi connectivity index (χ2n) is 5.85. The fourth-order valence-corrected chi connectivity index (χ4v) is 3.31. The van der Waals surface area contributed by atoms with Gasteiger partial charge in [-0.2, -0.15) is 4.31 Å². The normalized spacial score (nSPS) is 12.3. The van der Waals surface area contributed by atoms with Gasteiger partial charge in [0.15, 0.2) is 0 Å². The molecule has 0 fully saturated rings. The van der Waals surface area contributed by atoms with Crippen molar-refractivity contribution in [3.05, 3.63) is 23.2 Å². The highest BCUT2D eigenvalue weighted by Crippen LogP contribution is 2.28. The molecular weight excluding hydrogens is 328 g/mol. The fourth-order valence-electron chi connectivity index (χ4n) is 1.77. The molecule has 1 aromatic carbocycles. The third-order valence-corrected chi connectivity index (χ3v) is 4.75. The number of rotatable bonds is 5. The number of sulfonamides is 1. The summed E-state index contributed by atoms with van der Waals surface area (Å²) in [6.07, 6.45) is 0. The lowest BCUT2D eigenvalue weighted by Crippen LogP contribution is -2.46. The zero-order chi connectivity index (χ0) is 17.1. The summed E-state index contributed by atoms with van der Waals surface area (Å²) in [6.45, 7) is 5.16. The van der Waals surface area contributed by atoms with Crippen molar-refractivity contribution in [1.29, 1.82) is 0 Å². The Balaban J connectivity index is 3.04. The molecule has 8 heteroatoms. The molecule has 1 amide bonds. The predicted molar refractivity (Wildman–Crippen MR) is 85.7 cm³/mol. The Labute approximate surface area is 136 Å². The molecule has 0 bridgehead atoms. The molecule has 0 aromatic heterocycles. The molecule has 0 saturated carbocycles. The smallest absolute Gasteiger partial charge is 0.247 e. The van der Waals surface area contributed by atoms with Crippen molar-refractivity contribution in [2.24, 2.45) is 0 Å². The molecule has 0 heterocycles. The second kappa shape index (κ2) is 6.85. The molecule has 6 nitrogen and oxygen atoms in total. The molecule has 0 unspecified atom stereocenters. The van der Waals surface area contributed by atoms with Crippen molar-refractivity contribution in [2.45, 2.75) is 31.2 Å². The van der Waals surface area contributed by atoms with Crippen LogP contribution in [0.4, 0.5) is 0 Å². The van der Waals surface area contributed by atoms with Crippen molar-refractivity contribution in [2.75, 3.05) is 20.7 Å². The van der Waals surface area contributed by atoms with E-state index in [2.05, 4.69) is 5.32 Å². The van der Waals surface area contributed by atoms with Crippen LogP contribution in [0.15, 0.2) is 23.1 Å². The van der Waals surface area contributed by atoms with Gasteiger partial charge in [0.2, 0.25) is 15.9 Å². The average molecular weight is 349 g/mol. The van der Waals surface area contributed by atoms with Gasteiger partial charge in [-0.15, -0.1) is 0 Å². The fraction of sp³-hybridized carbons (Fsp3) is 0.500.